The number of amides is 1. The fraction of sp³-hybridized carbons (Fsp3) is 0.692. The van der Waals surface area contributed by atoms with Crippen molar-refractivity contribution in [3.63, 3.8) is 0 Å². The van der Waals surface area contributed by atoms with Crippen molar-refractivity contribution in [3.8, 4) is 0 Å². The van der Waals surface area contributed by atoms with Gasteiger partial charge in [0.2, 0.25) is 0 Å². The molecule has 0 aromatic carbocycles. The summed E-state index contributed by atoms with van der Waals surface area (Å²) in [5.41, 5.74) is 0. The summed E-state index contributed by atoms with van der Waals surface area (Å²) in [6.07, 6.45) is 3.17. The third-order valence-electron chi connectivity index (χ3n) is 2.76. The van der Waals surface area contributed by atoms with Crippen LogP contribution in [0.4, 0.5) is 0 Å². The van der Waals surface area contributed by atoms with E-state index in [1.54, 1.807) is 17.9 Å². The molecule has 0 saturated carbocycles. The summed E-state index contributed by atoms with van der Waals surface area (Å²) in [6, 6.07) is 0. The summed E-state index contributed by atoms with van der Waals surface area (Å²) < 4.78 is 10.2. The highest BCUT2D eigenvalue weighted by Crippen LogP contribution is 2.15. The predicted molar refractivity (Wildman–Crippen MR) is 67.0 cm³/mol. The second-order valence-electron chi connectivity index (χ2n) is 4.13. The molecule has 0 radical (unpaired) electrons. The number of carbonyl (C=O) groups excluding carboxylic acids is 2. The van der Waals surface area contributed by atoms with Gasteiger partial charge in [-0.3, -0.25) is 9.59 Å². The van der Waals surface area contributed by atoms with Crippen LogP contribution in [0.3, 0.4) is 0 Å². The lowest BCUT2D eigenvalue weighted by molar-refractivity contribution is -0.145. The maximum atomic E-state index is 12.1. The van der Waals surface area contributed by atoms with Crippen molar-refractivity contribution in [2.75, 3.05) is 26.3 Å². The molecule has 0 N–H and O–H groups in total. The standard InChI is InChI=1S/C13H21NO4/c1-3-8-14(9-7-12(15)17-4-2)13(16)11-6-5-10-18-11/h3,11H,1,4-10H2,2H3. The largest absolute Gasteiger partial charge is 0.466 e. The zero-order chi connectivity index (χ0) is 13.4. The summed E-state index contributed by atoms with van der Waals surface area (Å²) in [5, 5.41) is 0. The number of hydrogen-bond acceptors (Lipinski definition) is 4. The number of ether oxygens (including phenoxy) is 2. The molecule has 0 bridgehead atoms. The van der Waals surface area contributed by atoms with Crippen LogP contribution in [-0.2, 0) is 19.1 Å². The quantitative estimate of drug-likeness (QED) is 0.505. The van der Waals surface area contributed by atoms with Gasteiger partial charge in [0.25, 0.3) is 5.91 Å². The van der Waals surface area contributed by atoms with Crippen LogP contribution in [0.15, 0.2) is 12.7 Å². The third-order valence-corrected chi connectivity index (χ3v) is 2.76. The number of nitrogens with zero attached hydrogens (tertiary/aromatic N) is 1. The van der Waals surface area contributed by atoms with Crippen LogP contribution < -0.4 is 0 Å². The number of carbonyl (C=O) groups is 2. The minimum absolute atomic E-state index is 0.0586. The lowest BCUT2D eigenvalue weighted by Gasteiger charge is -2.23. The molecule has 1 fully saturated rings. The second-order valence-corrected chi connectivity index (χ2v) is 4.13. The topological polar surface area (TPSA) is 55.8 Å². The monoisotopic (exact) mass is 255 g/mol. The van der Waals surface area contributed by atoms with Gasteiger partial charge in [-0.15, -0.1) is 6.58 Å². The molecular formula is C13H21NO4. The highest BCUT2D eigenvalue weighted by atomic mass is 16.5. The summed E-state index contributed by atoms with van der Waals surface area (Å²) in [6.45, 7) is 7.16. The van der Waals surface area contributed by atoms with E-state index in [-0.39, 0.29) is 24.4 Å². The summed E-state index contributed by atoms with van der Waals surface area (Å²) in [4.78, 5) is 25.0. The van der Waals surface area contributed by atoms with Crippen LogP contribution in [0.2, 0.25) is 0 Å². The average Bonchev–Trinajstić information content (AvgIpc) is 2.87. The maximum absolute atomic E-state index is 12.1. The van der Waals surface area contributed by atoms with E-state index in [0.717, 1.165) is 12.8 Å². The first kappa shape index (κ1) is 14.7. The van der Waals surface area contributed by atoms with Crippen molar-refractivity contribution in [1.82, 2.24) is 4.90 Å². The molecule has 1 atom stereocenters. The van der Waals surface area contributed by atoms with E-state index < -0.39 is 0 Å². The van der Waals surface area contributed by atoms with Crippen LogP contribution in [0, 0.1) is 0 Å². The Hall–Kier alpha value is -1.36. The third kappa shape index (κ3) is 4.49. The van der Waals surface area contributed by atoms with E-state index in [4.69, 9.17) is 9.47 Å². The van der Waals surface area contributed by atoms with Gasteiger partial charge in [-0.2, -0.15) is 0 Å². The molecule has 0 aromatic rings. The molecule has 0 aromatic heterocycles. The molecule has 1 saturated heterocycles. The first-order valence-electron chi connectivity index (χ1n) is 6.36. The highest BCUT2D eigenvalue weighted by Gasteiger charge is 2.27. The smallest absolute Gasteiger partial charge is 0.307 e. The molecule has 5 heteroatoms. The van der Waals surface area contributed by atoms with Crippen molar-refractivity contribution in [1.29, 1.82) is 0 Å². The Morgan fingerprint density at radius 1 is 1.56 bits per heavy atom. The fourth-order valence-electron chi connectivity index (χ4n) is 1.88. The lowest BCUT2D eigenvalue weighted by atomic mass is 10.2. The van der Waals surface area contributed by atoms with Gasteiger partial charge < -0.3 is 14.4 Å². The zero-order valence-corrected chi connectivity index (χ0v) is 10.9. The maximum Gasteiger partial charge on any atom is 0.307 e. The first-order valence-corrected chi connectivity index (χ1v) is 6.36. The minimum Gasteiger partial charge on any atom is -0.466 e. The molecule has 1 aliphatic heterocycles. The fourth-order valence-corrected chi connectivity index (χ4v) is 1.88. The van der Waals surface area contributed by atoms with Gasteiger partial charge in [0, 0.05) is 19.7 Å². The molecule has 1 rings (SSSR count). The SMILES string of the molecule is C=CCN(CCC(=O)OCC)C(=O)C1CCCO1. The van der Waals surface area contributed by atoms with E-state index in [1.165, 1.54) is 0 Å². The van der Waals surface area contributed by atoms with Gasteiger partial charge in [0.05, 0.1) is 13.0 Å². The second kappa shape index (κ2) is 7.87. The molecule has 1 unspecified atom stereocenters. The van der Waals surface area contributed by atoms with Crippen molar-refractivity contribution >= 4 is 11.9 Å². The summed E-state index contributed by atoms with van der Waals surface area (Å²) >= 11 is 0. The molecule has 1 heterocycles. The predicted octanol–water partition coefficient (Wildman–Crippen LogP) is 1.13. The van der Waals surface area contributed by atoms with Gasteiger partial charge in [0.1, 0.15) is 6.10 Å². The number of esters is 1. The molecule has 1 aliphatic rings. The van der Waals surface area contributed by atoms with Crippen LogP contribution in [0.1, 0.15) is 26.2 Å². The van der Waals surface area contributed by atoms with Gasteiger partial charge in [-0.05, 0) is 19.8 Å². The number of rotatable bonds is 7. The summed E-state index contributed by atoms with van der Waals surface area (Å²) in [5.74, 6) is -0.344. The first-order chi connectivity index (χ1) is 8.69. The van der Waals surface area contributed by atoms with Crippen LogP contribution >= 0.6 is 0 Å². The minimum atomic E-state index is -0.354. The van der Waals surface area contributed by atoms with Gasteiger partial charge in [0.15, 0.2) is 0 Å². The van der Waals surface area contributed by atoms with Crippen LogP contribution in [0.5, 0.6) is 0 Å². The Labute approximate surface area is 108 Å². The molecule has 1 amide bonds. The molecule has 0 spiro atoms. The molecule has 5 nitrogen and oxygen atoms in total. The molecule has 102 valence electrons. The highest BCUT2D eigenvalue weighted by molar-refractivity contribution is 5.82. The molecular weight excluding hydrogens is 234 g/mol. The van der Waals surface area contributed by atoms with Crippen molar-refractivity contribution in [2.45, 2.75) is 32.3 Å². The number of hydrogen-bond donors (Lipinski definition) is 0. The van der Waals surface area contributed by atoms with Crippen LogP contribution in [0.25, 0.3) is 0 Å². The van der Waals surface area contributed by atoms with E-state index in [1.807, 2.05) is 0 Å². The van der Waals surface area contributed by atoms with Crippen LogP contribution in [-0.4, -0.2) is 49.2 Å². The Morgan fingerprint density at radius 2 is 2.33 bits per heavy atom. The molecule has 18 heavy (non-hydrogen) atoms. The van der Waals surface area contributed by atoms with Crippen molar-refractivity contribution in [2.24, 2.45) is 0 Å². The Morgan fingerprint density at radius 3 is 2.89 bits per heavy atom. The van der Waals surface area contributed by atoms with Gasteiger partial charge >= 0.3 is 5.97 Å². The van der Waals surface area contributed by atoms with Crippen molar-refractivity contribution < 1.29 is 19.1 Å². The average molecular weight is 255 g/mol. The van der Waals surface area contributed by atoms with E-state index in [9.17, 15) is 9.59 Å². The van der Waals surface area contributed by atoms with Gasteiger partial charge in [-0.25, -0.2) is 0 Å². The van der Waals surface area contributed by atoms with Gasteiger partial charge in [-0.1, -0.05) is 6.08 Å². The van der Waals surface area contributed by atoms with E-state index >= 15 is 0 Å². The van der Waals surface area contributed by atoms with E-state index in [2.05, 4.69) is 6.58 Å². The Balaban J connectivity index is 2.45. The zero-order valence-electron chi connectivity index (χ0n) is 10.9. The Bertz CT molecular complexity index is 297. The normalized spacial score (nSPS) is 18.4. The molecule has 0 aliphatic carbocycles. The summed E-state index contributed by atoms with van der Waals surface area (Å²) in [7, 11) is 0. The Kier molecular flexibility index (Phi) is 6.43. The lowest BCUT2D eigenvalue weighted by Crippen LogP contribution is -2.40. The van der Waals surface area contributed by atoms with E-state index in [0.29, 0.717) is 26.3 Å². The van der Waals surface area contributed by atoms with Crippen molar-refractivity contribution in [3.05, 3.63) is 12.7 Å².